The van der Waals surface area contributed by atoms with Gasteiger partial charge in [0.1, 0.15) is 0 Å². The van der Waals surface area contributed by atoms with E-state index in [0.29, 0.717) is 11.5 Å². The van der Waals surface area contributed by atoms with Gasteiger partial charge in [-0.3, -0.25) is 4.79 Å². The summed E-state index contributed by atoms with van der Waals surface area (Å²) >= 11 is 0. The molecule has 0 aliphatic rings. The molecule has 1 amide bonds. The fourth-order valence-electron chi connectivity index (χ4n) is 2.82. The highest BCUT2D eigenvalue weighted by molar-refractivity contribution is 6.08. The van der Waals surface area contributed by atoms with Crippen molar-refractivity contribution in [2.24, 2.45) is 0 Å². The molecule has 0 saturated carbocycles. The van der Waals surface area contributed by atoms with Crippen LogP contribution in [0.5, 0.6) is 11.5 Å². The fraction of sp³-hybridized carbons (Fsp3) is 0.0909. The van der Waals surface area contributed by atoms with Crippen LogP contribution in [0.4, 0.5) is 5.69 Å². The number of fused-ring (bicyclic) bond motifs is 1. The minimum atomic E-state index is -1.11. The third kappa shape index (κ3) is 4.12. The Labute approximate surface area is 162 Å². The second-order valence-electron chi connectivity index (χ2n) is 5.99. The first-order chi connectivity index (χ1) is 13.5. The van der Waals surface area contributed by atoms with Gasteiger partial charge in [0, 0.05) is 6.08 Å². The Morgan fingerprint density at radius 2 is 1.61 bits per heavy atom. The molecule has 0 atom stereocenters. The molecule has 0 aromatic heterocycles. The standard InChI is InChI=1S/C22H19NO5/c1-27-19-9-7-14(11-20(19)28-2)8-10-21(24)23-18-13-16-6-4-3-5-15(16)12-17(18)22(25)26/h3-13H,1-2H3,(H,23,24)(H,25,26). The zero-order valence-corrected chi connectivity index (χ0v) is 15.4. The van der Waals surface area contributed by atoms with Crippen molar-refractivity contribution in [3.63, 3.8) is 0 Å². The van der Waals surface area contributed by atoms with Crippen LogP contribution in [0.15, 0.2) is 60.7 Å². The minimum Gasteiger partial charge on any atom is -0.493 e. The Morgan fingerprint density at radius 3 is 2.25 bits per heavy atom. The summed E-state index contributed by atoms with van der Waals surface area (Å²) in [7, 11) is 3.08. The van der Waals surface area contributed by atoms with Gasteiger partial charge in [-0.05, 0) is 46.7 Å². The molecule has 6 nitrogen and oxygen atoms in total. The number of amides is 1. The van der Waals surface area contributed by atoms with Gasteiger partial charge in [-0.2, -0.15) is 0 Å². The number of hydrogen-bond donors (Lipinski definition) is 2. The van der Waals surface area contributed by atoms with Crippen LogP contribution in [-0.4, -0.2) is 31.2 Å². The molecular formula is C22H19NO5. The van der Waals surface area contributed by atoms with E-state index in [0.717, 1.165) is 16.3 Å². The maximum Gasteiger partial charge on any atom is 0.337 e. The summed E-state index contributed by atoms with van der Waals surface area (Å²) in [4.78, 5) is 23.9. The van der Waals surface area contributed by atoms with E-state index >= 15 is 0 Å². The number of hydrogen-bond acceptors (Lipinski definition) is 4. The summed E-state index contributed by atoms with van der Waals surface area (Å²) in [5, 5.41) is 13.7. The van der Waals surface area contributed by atoms with Gasteiger partial charge >= 0.3 is 5.97 Å². The first-order valence-corrected chi connectivity index (χ1v) is 8.49. The van der Waals surface area contributed by atoms with Crippen molar-refractivity contribution in [2.75, 3.05) is 19.5 Å². The number of carboxylic acids is 1. The molecule has 0 saturated heterocycles. The molecule has 142 valence electrons. The molecule has 3 rings (SSSR count). The summed E-state index contributed by atoms with van der Waals surface area (Å²) < 4.78 is 10.4. The molecule has 3 aromatic rings. The Hall–Kier alpha value is -3.80. The quantitative estimate of drug-likeness (QED) is 0.629. The van der Waals surface area contributed by atoms with Gasteiger partial charge in [-0.25, -0.2) is 4.79 Å². The van der Waals surface area contributed by atoms with Crippen molar-refractivity contribution in [2.45, 2.75) is 0 Å². The lowest BCUT2D eigenvalue weighted by molar-refractivity contribution is -0.111. The highest BCUT2D eigenvalue weighted by Gasteiger charge is 2.13. The molecule has 0 spiro atoms. The monoisotopic (exact) mass is 377 g/mol. The molecule has 28 heavy (non-hydrogen) atoms. The lowest BCUT2D eigenvalue weighted by atomic mass is 10.0. The van der Waals surface area contributed by atoms with Crippen LogP contribution < -0.4 is 14.8 Å². The second-order valence-corrected chi connectivity index (χ2v) is 5.99. The maximum atomic E-state index is 12.3. The lowest BCUT2D eigenvalue weighted by Crippen LogP contribution is -2.12. The summed E-state index contributed by atoms with van der Waals surface area (Å²) in [5.41, 5.74) is 1.02. The summed E-state index contributed by atoms with van der Waals surface area (Å²) in [5.74, 6) is -0.406. The van der Waals surface area contributed by atoms with Gasteiger partial charge < -0.3 is 19.9 Å². The van der Waals surface area contributed by atoms with E-state index in [1.165, 1.54) is 13.2 Å². The average molecular weight is 377 g/mol. The number of nitrogens with one attached hydrogen (secondary N) is 1. The zero-order chi connectivity index (χ0) is 20.1. The molecule has 0 heterocycles. The molecule has 0 aliphatic carbocycles. The number of carboxylic acid groups (broad SMARTS) is 1. The van der Waals surface area contributed by atoms with Crippen molar-refractivity contribution < 1.29 is 24.2 Å². The van der Waals surface area contributed by atoms with E-state index in [4.69, 9.17) is 9.47 Å². The summed E-state index contributed by atoms with van der Waals surface area (Å²) in [6.45, 7) is 0. The van der Waals surface area contributed by atoms with Crippen molar-refractivity contribution >= 4 is 34.4 Å². The molecule has 3 aromatic carbocycles. The fourth-order valence-corrected chi connectivity index (χ4v) is 2.82. The molecule has 6 heteroatoms. The van der Waals surface area contributed by atoms with Crippen LogP contribution in [0.25, 0.3) is 16.8 Å². The molecular weight excluding hydrogens is 358 g/mol. The summed E-state index contributed by atoms with van der Waals surface area (Å²) in [6.07, 6.45) is 2.95. The lowest BCUT2D eigenvalue weighted by Gasteiger charge is -2.09. The van der Waals surface area contributed by atoms with E-state index in [-0.39, 0.29) is 11.3 Å². The molecule has 0 aliphatic heterocycles. The zero-order valence-electron chi connectivity index (χ0n) is 15.4. The summed E-state index contributed by atoms with van der Waals surface area (Å²) in [6, 6.07) is 15.8. The second kappa shape index (κ2) is 8.26. The van der Waals surface area contributed by atoms with Crippen molar-refractivity contribution in [1.82, 2.24) is 0 Å². The number of benzene rings is 3. The van der Waals surface area contributed by atoms with E-state index in [1.54, 1.807) is 43.5 Å². The normalized spacial score (nSPS) is 10.8. The molecule has 2 N–H and O–H groups in total. The van der Waals surface area contributed by atoms with Gasteiger partial charge in [-0.1, -0.05) is 30.3 Å². The third-order valence-corrected chi connectivity index (χ3v) is 4.21. The number of aromatic carboxylic acids is 1. The minimum absolute atomic E-state index is 0.0339. The van der Waals surface area contributed by atoms with E-state index in [9.17, 15) is 14.7 Å². The van der Waals surface area contributed by atoms with Gasteiger partial charge in [0.25, 0.3) is 0 Å². The van der Waals surface area contributed by atoms with Crippen molar-refractivity contribution in [1.29, 1.82) is 0 Å². The largest absolute Gasteiger partial charge is 0.493 e. The number of rotatable bonds is 6. The number of anilines is 1. The first kappa shape index (κ1) is 19.0. The van der Waals surface area contributed by atoms with Crippen LogP contribution in [0.2, 0.25) is 0 Å². The smallest absolute Gasteiger partial charge is 0.337 e. The van der Waals surface area contributed by atoms with Gasteiger partial charge in [0.15, 0.2) is 11.5 Å². The van der Waals surface area contributed by atoms with E-state index in [2.05, 4.69) is 5.32 Å². The van der Waals surface area contributed by atoms with E-state index < -0.39 is 11.9 Å². The highest BCUT2D eigenvalue weighted by atomic mass is 16.5. The number of carbonyl (C=O) groups is 2. The molecule has 0 fully saturated rings. The number of carbonyl (C=O) groups excluding carboxylic acids is 1. The number of ether oxygens (including phenoxy) is 2. The first-order valence-electron chi connectivity index (χ1n) is 8.49. The van der Waals surface area contributed by atoms with Crippen molar-refractivity contribution in [3.05, 3.63) is 71.8 Å². The van der Waals surface area contributed by atoms with Crippen LogP contribution in [0, 0.1) is 0 Å². The van der Waals surface area contributed by atoms with Crippen LogP contribution in [0.1, 0.15) is 15.9 Å². The Balaban J connectivity index is 1.84. The Morgan fingerprint density at radius 1 is 0.929 bits per heavy atom. The van der Waals surface area contributed by atoms with E-state index in [1.807, 2.05) is 24.3 Å². The molecule has 0 bridgehead atoms. The SMILES string of the molecule is COc1ccc(C=CC(=O)Nc2cc3ccccc3cc2C(=O)O)cc1OC. The molecule has 0 radical (unpaired) electrons. The third-order valence-electron chi connectivity index (χ3n) is 4.21. The Kier molecular flexibility index (Phi) is 5.60. The molecule has 0 unspecified atom stereocenters. The number of methoxy groups -OCH3 is 2. The van der Waals surface area contributed by atoms with Crippen LogP contribution >= 0.6 is 0 Å². The highest BCUT2D eigenvalue weighted by Crippen LogP contribution is 2.28. The van der Waals surface area contributed by atoms with Crippen LogP contribution in [0.3, 0.4) is 0 Å². The Bertz CT molecular complexity index is 1070. The maximum absolute atomic E-state index is 12.3. The van der Waals surface area contributed by atoms with Crippen LogP contribution in [-0.2, 0) is 4.79 Å². The van der Waals surface area contributed by atoms with Crippen molar-refractivity contribution in [3.8, 4) is 11.5 Å². The average Bonchev–Trinajstić information content (AvgIpc) is 2.71. The predicted molar refractivity (Wildman–Crippen MR) is 108 cm³/mol. The van der Waals surface area contributed by atoms with Gasteiger partial charge in [0.2, 0.25) is 5.91 Å². The van der Waals surface area contributed by atoms with Gasteiger partial charge in [0.05, 0.1) is 25.5 Å². The van der Waals surface area contributed by atoms with Gasteiger partial charge in [-0.15, -0.1) is 0 Å². The topological polar surface area (TPSA) is 84.9 Å². The predicted octanol–water partition coefficient (Wildman–Crippen LogP) is 4.21.